The molecule has 3 aliphatic rings. The van der Waals surface area contributed by atoms with Crippen LogP contribution in [0.2, 0.25) is 0 Å². The molecule has 2 aromatic heterocycles. The van der Waals surface area contributed by atoms with Gasteiger partial charge >= 0.3 is 0 Å². The van der Waals surface area contributed by atoms with Gasteiger partial charge in [0.15, 0.2) is 0 Å². The monoisotopic (exact) mass is 494 g/mol. The number of hydrogen-bond acceptors (Lipinski definition) is 4. The van der Waals surface area contributed by atoms with Gasteiger partial charge in [-0.1, -0.05) is 38.5 Å². The Bertz CT molecular complexity index is 1040. The van der Waals surface area contributed by atoms with Gasteiger partial charge in [0.2, 0.25) is 5.91 Å². The molecular weight excluding hydrogens is 452 g/mol. The second-order valence-corrected chi connectivity index (χ2v) is 11.3. The van der Waals surface area contributed by atoms with Crippen molar-refractivity contribution in [1.29, 1.82) is 0 Å². The highest BCUT2D eigenvalue weighted by Gasteiger charge is 2.48. The molecule has 2 aromatic rings. The van der Waals surface area contributed by atoms with E-state index in [0.29, 0.717) is 30.6 Å². The smallest absolute Gasteiger partial charge is 0.271 e. The molecule has 4 heterocycles. The maximum atomic E-state index is 14.0. The number of rotatable bonds is 6. The average molecular weight is 495 g/mol. The lowest BCUT2D eigenvalue weighted by atomic mass is 9.92. The summed E-state index contributed by atoms with van der Waals surface area (Å²) < 4.78 is 7.65. The van der Waals surface area contributed by atoms with Gasteiger partial charge in [-0.2, -0.15) is 0 Å². The molecule has 0 unspecified atom stereocenters. The highest BCUT2D eigenvalue weighted by atomic mass is 16.3. The first-order valence-electron chi connectivity index (χ1n) is 14.1. The average Bonchev–Trinajstić information content (AvgIpc) is 3.51. The fraction of sp³-hybridized carbons (Fsp3) is 0.655. The lowest BCUT2D eigenvalue weighted by Crippen LogP contribution is -2.66. The van der Waals surface area contributed by atoms with Crippen molar-refractivity contribution >= 4 is 11.8 Å². The molecule has 0 bridgehead atoms. The number of nitrogens with one attached hydrogen (secondary N) is 1. The zero-order valence-electron chi connectivity index (χ0n) is 22.0. The number of carbonyl (C=O) groups is 2. The number of piperidine rings is 1. The second kappa shape index (κ2) is 10.8. The Kier molecular flexibility index (Phi) is 7.56. The summed E-state index contributed by atoms with van der Waals surface area (Å²) in [4.78, 5) is 32.3. The van der Waals surface area contributed by atoms with Gasteiger partial charge in [0, 0.05) is 25.2 Å². The fourth-order valence-corrected chi connectivity index (χ4v) is 6.42. The van der Waals surface area contributed by atoms with Gasteiger partial charge in [-0.25, -0.2) is 0 Å². The number of amides is 2. The van der Waals surface area contributed by atoms with Crippen LogP contribution in [0.25, 0.3) is 11.5 Å². The molecular formula is C29H42N4O3. The fourth-order valence-electron chi connectivity index (χ4n) is 6.42. The van der Waals surface area contributed by atoms with Crippen LogP contribution in [-0.4, -0.2) is 63.4 Å². The molecule has 0 radical (unpaired) electrons. The summed E-state index contributed by atoms with van der Waals surface area (Å²) in [6, 6.07) is 8.28. The summed E-state index contributed by atoms with van der Waals surface area (Å²) in [5.41, 5.74) is 0.508. The molecule has 1 saturated carbocycles. The van der Waals surface area contributed by atoms with Gasteiger partial charge in [0.1, 0.15) is 17.0 Å². The molecule has 0 aromatic carbocycles. The Morgan fingerprint density at radius 2 is 1.72 bits per heavy atom. The highest BCUT2D eigenvalue weighted by Crippen LogP contribution is 2.34. The SMILES string of the molecule is C[C@H]1CCCCN1CCN1C(=O)c2ccc(-c3ccco3)n2C[C@]1(C)C(=O)NC1CCCCCCC1. The second-order valence-electron chi connectivity index (χ2n) is 11.3. The van der Waals surface area contributed by atoms with Crippen molar-refractivity contribution in [1.82, 2.24) is 19.7 Å². The molecule has 5 rings (SSSR count). The van der Waals surface area contributed by atoms with Crippen LogP contribution >= 0.6 is 0 Å². The third-order valence-electron chi connectivity index (χ3n) is 8.76. The summed E-state index contributed by atoms with van der Waals surface area (Å²) in [6.07, 6.45) is 13.4. The Labute approximate surface area is 215 Å². The summed E-state index contributed by atoms with van der Waals surface area (Å²) in [7, 11) is 0. The van der Waals surface area contributed by atoms with Gasteiger partial charge in [0.05, 0.1) is 18.5 Å². The van der Waals surface area contributed by atoms with Crippen LogP contribution in [-0.2, 0) is 11.3 Å². The first-order chi connectivity index (χ1) is 17.5. The molecule has 0 spiro atoms. The van der Waals surface area contributed by atoms with Crippen molar-refractivity contribution in [3.8, 4) is 11.5 Å². The van der Waals surface area contributed by atoms with Gasteiger partial charge in [-0.3, -0.25) is 14.5 Å². The minimum atomic E-state index is -0.966. The summed E-state index contributed by atoms with van der Waals surface area (Å²) in [5, 5.41) is 3.39. The van der Waals surface area contributed by atoms with E-state index in [1.54, 1.807) is 6.26 Å². The van der Waals surface area contributed by atoms with Crippen molar-refractivity contribution in [2.24, 2.45) is 0 Å². The van der Waals surface area contributed by atoms with Gasteiger partial charge in [-0.05, 0) is 70.3 Å². The van der Waals surface area contributed by atoms with E-state index in [2.05, 4.69) is 17.1 Å². The molecule has 1 N–H and O–H groups in total. The van der Waals surface area contributed by atoms with Crippen molar-refractivity contribution in [2.45, 2.75) is 102 Å². The van der Waals surface area contributed by atoms with E-state index in [1.165, 1.54) is 38.5 Å². The lowest BCUT2D eigenvalue weighted by molar-refractivity contribution is -0.134. The molecule has 7 nitrogen and oxygen atoms in total. The first kappa shape index (κ1) is 25.1. The van der Waals surface area contributed by atoms with Crippen molar-refractivity contribution in [3.05, 3.63) is 36.2 Å². The van der Waals surface area contributed by atoms with Crippen LogP contribution < -0.4 is 5.32 Å². The number of furan rings is 1. The summed E-state index contributed by atoms with van der Waals surface area (Å²) in [6.45, 7) is 7.07. The Hall–Kier alpha value is -2.54. The van der Waals surface area contributed by atoms with Gasteiger partial charge < -0.3 is 19.2 Å². The Morgan fingerprint density at radius 1 is 1.00 bits per heavy atom. The minimum absolute atomic E-state index is 0.0298. The zero-order valence-corrected chi connectivity index (χ0v) is 22.0. The van der Waals surface area contributed by atoms with E-state index in [0.717, 1.165) is 44.5 Å². The number of nitrogens with zero attached hydrogens (tertiary/aromatic N) is 3. The predicted molar refractivity (Wildman–Crippen MR) is 141 cm³/mol. The van der Waals surface area contributed by atoms with Crippen LogP contribution in [0.4, 0.5) is 0 Å². The van der Waals surface area contributed by atoms with Crippen LogP contribution in [0, 0.1) is 0 Å². The van der Waals surface area contributed by atoms with Crippen LogP contribution in [0.1, 0.15) is 88.5 Å². The van der Waals surface area contributed by atoms with E-state index in [9.17, 15) is 9.59 Å². The number of hydrogen-bond donors (Lipinski definition) is 1. The third-order valence-corrected chi connectivity index (χ3v) is 8.76. The maximum Gasteiger partial charge on any atom is 0.271 e. The lowest BCUT2D eigenvalue weighted by Gasteiger charge is -2.46. The molecule has 7 heteroatoms. The van der Waals surface area contributed by atoms with E-state index < -0.39 is 5.54 Å². The summed E-state index contributed by atoms with van der Waals surface area (Å²) in [5.74, 6) is 0.615. The van der Waals surface area contributed by atoms with Crippen LogP contribution in [0.15, 0.2) is 34.9 Å². The van der Waals surface area contributed by atoms with Crippen molar-refractivity contribution in [2.75, 3.05) is 19.6 Å². The first-order valence-corrected chi connectivity index (χ1v) is 14.1. The van der Waals surface area contributed by atoms with Crippen molar-refractivity contribution in [3.63, 3.8) is 0 Å². The standard InChI is InChI=1S/C29H42N4O3/c1-22-11-8-9-17-31(22)18-19-33-27(34)25-16-15-24(26-14-10-20-36-26)32(25)21-29(33,2)28(35)30-23-12-6-4-3-5-7-13-23/h10,14-16,20,22-23H,3-9,11-13,17-19,21H2,1-2H3,(H,30,35)/t22-,29+/m0/s1. The molecule has 2 fully saturated rings. The Balaban J connectivity index is 1.42. The third kappa shape index (κ3) is 4.99. The van der Waals surface area contributed by atoms with Crippen molar-refractivity contribution < 1.29 is 14.0 Å². The van der Waals surface area contributed by atoms with E-state index >= 15 is 0 Å². The van der Waals surface area contributed by atoms with Gasteiger partial charge in [0.25, 0.3) is 5.91 Å². The zero-order chi connectivity index (χ0) is 25.1. The number of likely N-dealkylation sites (tertiary alicyclic amines) is 1. The largest absolute Gasteiger partial charge is 0.463 e. The normalized spacial score (nSPS) is 26.3. The van der Waals surface area contributed by atoms with Crippen LogP contribution in [0.3, 0.4) is 0 Å². The summed E-state index contributed by atoms with van der Waals surface area (Å²) >= 11 is 0. The number of carbonyl (C=O) groups excluding carboxylic acids is 2. The topological polar surface area (TPSA) is 70.7 Å². The molecule has 2 atom stereocenters. The highest BCUT2D eigenvalue weighted by molar-refractivity contribution is 6.00. The van der Waals surface area contributed by atoms with E-state index in [-0.39, 0.29) is 17.9 Å². The predicted octanol–water partition coefficient (Wildman–Crippen LogP) is 5.07. The van der Waals surface area contributed by atoms with E-state index in [4.69, 9.17) is 4.42 Å². The molecule has 2 amide bonds. The van der Waals surface area contributed by atoms with E-state index in [1.807, 2.05) is 40.7 Å². The molecule has 36 heavy (non-hydrogen) atoms. The van der Waals surface area contributed by atoms with Gasteiger partial charge in [-0.15, -0.1) is 0 Å². The minimum Gasteiger partial charge on any atom is -0.463 e. The molecule has 2 aliphatic heterocycles. The quantitative estimate of drug-likeness (QED) is 0.609. The molecule has 1 saturated heterocycles. The number of aromatic nitrogens is 1. The molecule has 196 valence electrons. The van der Waals surface area contributed by atoms with Crippen LogP contribution in [0.5, 0.6) is 0 Å². The molecule has 1 aliphatic carbocycles. The number of fused-ring (bicyclic) bond motifs is 1. The Morgan fingerprint density at radius 3 is 2.44 bits per heavy atom. The maximum absolute atomic E-state index is 14.0.